The Morgan fingerprint density at radius 3 is 1.06 bits per heavy atom. The predicted molar refractivity (Wildman–Crippen MR) is 342 cm³/mol. The molecule has 0 aliphatic heterocycles. The van der Waals surface area contributed by atoms with Crippen LogP contribution in [0, 0.1) is 0 Å². The minimum Gasteiger partial charge on any atom is -0.756 e. The molecule has 0 radical (unpaired) electrons. The van der Waals surface area contributed by atoms with Gasteiger partial charge in [-0.1, -0.05) is 319 Å². The minimum absolute atomic E-state index is 0.0310. The molecule has 0 aliphatic rings. The van der Waals surface area contributed by atoms with Crippen LogP contribution in [0.4, 0.5) is 0 Å². The molecule has 0 aromatic rings. The molecule has 0 amide bonds. The molecule has 80 heavy (non-hydrogen) atoms. The molecule has 0 aromatic heterocycles. The fourth-order valence-corrected chi connectivity index (χ4v) is 10.9. The lowest BCUT2D eigenvalue weighted by atomic mass is 10.0. The summed E-state index contributed by atoms with van der Waals surface area (Å²) in [6.07, 6.45) is 79.1. The molecule has 0 bridgehead atoms. The van der Waals surface area contributed by atoms with E-state index in [9.17, 15) is 19.0 Å². The summed E-state index contributed by atoms with van der Waals surface area (Å²) in [7, 11) is 1.17. The van der Waals surface area contributed by atoms with Gasteiger partial charge in [0.15, 0.2) is 6.10 Å². The summed E-state index contributed by atoms with van der Waals surface area (Å²) in [5.41, 5.74) is 0. The van der Waals surface area contributed by atoms with Crippen molar-refractivity contribution in [2.24, 2.45) is 0 Å². The third kappa shape index (κ3) is 65.1. The van der Waals surface area contributed by atoms with E-state index in [2.05, 4.69) is 62.5 Å². The van der Waals surface area contributed by atoms with Crippen LogP contribution in [-0.2, 0) is 32.7 Å². The van der Waals surface area contributed by atoms with Crippen molar-refractivity contribution in [2.45, 2.75) is 341 Å². The summed E-state index contributed by atoms with van der Waals surface area (Å²) in [5.74, 6) is -0.823. The zero-order valence-electron chi connectivity index (χ0n) is 53.5. The third-order valence-electron chi connectivity index (χ3n) is 15.4. The zero-order valence-corrected chi connectivity index (χ0v) is 54.4. The Morgan fingerprint density at radius 1 is 0.400 bits per heavy atom. The fourth-order valence-electron chi connectivity index (χ4n) is 10.1. The number of esters is 2. The molecule has 0 rings (SSSR count). The van der Waals surface area contributed by atoms with Crippen LogP contribution in [-0.4, -0.2) is 70.0 Å². The number of carbonyl (C=O) groups is 2. The number of carbonyl (C=O) groups excluding carboxylic acids is 2. The van der Waals surface area contributed by atoms with E-state index < -0.39 is 26.5 Å². The normalized spacial score (nSPS) is 13.4. The molecule has 0 fully saturated rings. The number of ether oxygens (including phenoxy) is 2. The van der Waals surface area contributed by atoms with Crippen LogP contribution >= 0.6 is 7.82 Å². The van der Waals surface area contributed by atoms with E-state index >= 15 is 0 Å². The van der Waals surface area contributed by atoms with Crippen LogP contribution in [0.2, 0.25) is 0 Å². The average Bonchev–Trinajstić information content (AvgIpc) is 3.42. The van der Waals surface area contributed by atoms with Crippen molar-refractivity contribution in [3.05, 3.63) is 48.6 Å². The molecule has 2 atom stereocenters. The van der Waals surface area contributed by atoms with Gasteiger partial charge in [0, 0.05) is 12.8 Å². The quantitative estimate of drug-likeness (QED) is 0.0195. The molecule has 0 N–H and O–H groups in total. The number of unbranched alkanes of at least 4 members (excludes halogenated alkanes) is 42. The maximum absolute atomic E-state index is 12.8. The van der Waals surface area contributed by atoms with Crippen LogP contribution < -0.4 is 4.89 Å². The Hall–Kier alpha value is -2.03. The van der Waals surface area contributed by atoms with Crippen LogP contribution in [0.25, 0.3) is 0 Å². The van der Waals surface area contributed by atoms with E-state index in [0.29, 0.717) is 17.4 Å². The van der Waals surface area contributed by atoms with Crippen molar-refractivity contribution >= 4 is 19.8 Å². The van der Waals surface area contributed by atoms with Crippen molar-refractivity contribution in [1.29, 1.82) is 0 Å². The van der Waals surface area contributed by atoms with Crippen molar-refractivity contribution in [2.75, 3.05) is 47.5 Å². The largest absolute Gasteiger partial charge is 0.756 e. The Bertz CT molecular complexity index is 1490. The summed E-state index contributed by atoms with van der Waals surface area (Å²) in [6, 6.07) is 0. The van der Waals surface area contributed by atoms with E-state index in [1.54, 1.807) is 0 Å². The summed E-state index contributed by atoms with van der Waals surface area (Å²) >= 11 is 0. The molecule has 10 heteroatoms. The van der Waals surface area contributed by atoms with Gasteiger partial charge in [-0.15, -0.1) is 0 Å². The number of nitrogens with zero attached hydrogens (tertiary/aromatic N) is 1. The first kappa shape index (κ1) is 78.0. The summed E-state index contributed by atoms with van der Waals surface area (Å²) in [4.78, 5) is 38.0. The highest BCUT2D eigenvalue weighted by atomic mass is 31.2. The van der Waals surface area contributed by atoms with Gasteiger partial charge in [-0.3, -0.25) is 14.2 Å². The van der Waals surface area contributed by atoms with Crippen molar-refractivity contribution < 1.29 is 42.1 Å². The summed E-state index contributed by atoms with van der Waals surface area (Å²) in [5, 5.41) is 0. The molecule has 0 saturated carbocycles. The monoisotopic (exact) mass is 1150 g/mol. The number of hydrogen-bond acceptors (Lipinski definition) is 8. The summed E-state index contributed by atoms with van der Waals surface area (Å²) < 4.78 is 34.3. The third-order valence-corrected chi connectivity index (χ3v) is 16.3. The number of phosphoric acid groups is 1. The second kappa shape index (κ2) is 61.5. The first-order valence-electron chi connectivity index (χ1n) is 34.3. The first-order chi connectivity index (χ1) is 39.0. The minimum atomic E-state index is -4.64. The standard InChI is InChI=1S/C70H132NO8P/c1-6-8-10-12-14-16-18-20-22-24-26-28-30-31-32-33-34-35-36-37-38-39-41-42-44-46-48-50-52-54-56-58-60-62-69(72)76-66-68(67-78-80(74,75)77-65-64-71(3,4)5)79-70(73)63-61-59-57-55-53-51-49-47-45-43-40-29-27-25-23-21-19-17-15-13-11-9-7-2/h9,11,15,17,21,23,27,29,68H,6-8,10,12-14,16,18-20,22,24-26,28,30-67H2,1-5H3/b11-9-,17-15-,23-21-,29-27-. The lowest BCUT2D eigenvalue weighted by molar-refractivity contribution is -0.870. The lowest BCUT2D eigenvalue weighted by Gasteiger charge is -2.28. The molecule has 0 saturated heterocycles. The van der Waals surface area contributed by atoms with Crippen LogP contribution in [0.15, 0.2) is 48.6 Å². The second-order valence-corrected chi connectivity index (χ2v) is 25.9. The van der Waals surface area contributed by atoms with Gasteiger partial charge in [0.05, 0.1) is 27.7 Å². The van der Waals surface area contributed by atoms with Gasteiger partial charge in [0.2, 0.25) is 0 Å². The van der Waals surface area contributed by atoms with Crippen LogP contribution in [0.1, 0.15) is 335 Å². The first-order valence-corrected chi connectivity index (χ1v) is 35.8. The van der Waals surface area contributed by atoms with E-state index in [1.165, 1.54) is 231 Å². The van der Waals surface area contributed by atoms with E-state index in [-0.39, 0.29) is 32.0 Å². The number of rotatable bonds is 64. The van der Waals surface area contributed by atoms with Crippen LogP contribution in [0.3, 0.4) is 0 Å². The highest BCUT2D eigenvalue weighted by Crippen LogP contribution is 2.38. The molecular formula is C70H132NO8P. The van der Waals surface area contributed by atoms with Gasteiger partial charge < -0.3 is 27.9 Å². The molecule has 2 unspecified atom stereocenters. The number of hydrogen-bond donors (Lipinski definition) is 0. The maximum atomic E-state index is 12.8. The molecule has 0 aliphatic carbocycles. The van der Waals surface area contributed by atoms with Crippen molar-refractivity contribution in [3.63, 3.8) is 0 Å². The predicted octanol–water partition coefficient (Wildman–Crippen LogP) is 21.4. The topological polar surface area (TPSA) is 111 Å². The molecule has 0 heterocycles. The van der Waals surface area contributed by atoms with Crippen molar-refractivity contribution in [3.8, 4) is 0 Å². The number of likely N-dealkylation sites (N-methyl/N-ethyl adjacent to an activating group) is 1. The van der Waals surface area contributed by atoms with Crippen molar-refractivity contribution in [1.82, 2.24) is 0 Å². The van der Waals surface area contributed by atoms with Gasteiger partial charge in [-0.05, 0) is 51.4 Å². The Labute approximate surface area is 496 Å². The average molecular weight is 1150 g/mol. The van der Waals surface area contributed by atoms with Crippen LogP contribution in [0.5, 0.6) is 0 Å². The van der Waals surface area contributed by atoms with E-state index in [0.717, 1.165) is 70.6 Å². The SMILES string of the molecule is CC/C=C\C/C=C\C/C=C\C/C=C\CCCCCCCCCCCCC(=O)OC(COC(=O)CCCCCCCCCCCCCCCCCCCCCCCCCCCCCCCCCCC)COP(=O)([O-])OCC[N+](C)(C)C. The number of phosphoric ester groups is 1. The Morgan fingerprint density at radius 2 is 0.713 bits per heavy atom. The van der Waals surface area contributed by atoms with E-state index in [4.69, 9.17) is 18.5 Å². The van der Waals surface area contributed by atoms with E-state index in [1.807, 2.05) is 21.1 Å². The molecular weight excluding hydrogens is 1010 g/mol. The Balaban J connectivity index is 3.98. The highest BCUT2D eigenvalue weighted by Gasteiger charge is 2.22. The van der Waals surface area contributed by atoms with Gasteiger partial charge in [-0.25, -0.2) is 0 Å². The smallest absolute Gasteiger partial charge is 0.306 e. The molecule has 470 valence electrons. The zero-order chi connectivity index (χ0) is 58.4. The summed E-state index contributed by atoms with van der Waals surface area (Å²) in [6.45, 7) is 4.18. The van der Waals surface area contributed by atoms with Gasteiger partial charge in [0.25, 0.3) is 7.82 Å². The Kier molecular flexibility index (Phi) is 60.0. The van der Waals surface area contributed by atoms with Gasteiger partial charge >= 0.3 is 11.9 Å². The lowest BCUT2D eigenvalue weighted by Crippen LogP contribution is -2.37. The number of allylic oxidation sites excluding steroid dienone is 8. The second-order valence-electron chi connectivity index (χ2n) is 24.5. The van der Waals surface area contributed by atoms with Gasteiger partial charge in [-0.2, -0.15) is 0 Å². The fraction of sp³-hybridized carbons (Fsp3) is 0.857. The maximum Gasteiger partial charge on any atom is 0.306 e. The molecule has 0 spiro atoms. The van der Waals surface area contributed by atoms with Gasteiger partial charge in [0.1, 0.15) is 19.8 Å². The number of quaternary nitrogens is 1. The molecule has 9 nitrogen and oxygen atoms in total. The highest BCUT2D eigenvalue weighted by molar-refractivity contribution is 7.45. The molecule has 0 aromatic carbocycles.